The number of amides is 2. The minimum atomic E-state index is -5.25. The topological polar surface area (TPSA) is 242 Å². The molecule has 0 unspecified atom stereocenters. The number of hydrogen-bond acceptors (Lipinski definition) is 12. The van der Waals surface area contributed by atoms with Crippen LogP contribution in [0.4, 0.5) is 54.5 Å². The molecule has 0 spiro atoms. The Morgan fingerprint density at radius 3 is 2.18 bits per heavy atom. The Hall–Kier alpha value is -5.83. The summed E-state index contributed by atoms with van der Waals surface area (Å²) in [7, 11) is -13.8. The van der Waals surface area contributed by atoms with E-state index in [0.717, 1.165) is 42.7 Å². The van der Waals surface area contributed by atoms with Gasteiger partial charge in [-0.2, -0.15) is 49.6 Å². The fourth-order valence-electron chi connectivity index (χ4n) is 8.38. The first-order valence-corrected chi connectivity index (χ1v) is 27.7. The molecule has 0 bridgehead atoms. The van der Waals surface area contributed by atoms with Crippen molar-refractivity contribution >= 4 is 68.0 Å². The molecule has 2 aliphatic carbocycles. The summed E-state index contributed by atoms with van der Waals surface area (Å²) in [6.45, 7) is -2.12. The number of unbranched alkanes of at least 4 members (excludes halogenated alkanes) is 1. The Bertz CT molecular complexity index is 3480. The molecule has 2 aromatic carbocycles. The molecule has 3 atom stereocenters. The van der Waals surface area contributed by atoms with Gasteiger partial charge in [0.2, 0.25) is 15.9 Å². The maximum Gasteiger partial charge on any atom is 0.469 e. The Morgan fingerprint density at radius 2 is 1.59 bits per heavy atom. The van der Waals surface area contributed by atoms with E-state index in [9.17, 15) is 66.1 Å². The fraction of sp³-hybridized carbons (Fsp3) is 0.432. The number of fused-ring (bicyclic) bond motifs is 4. The molecule has 2 aliphatic rings. The number of pyridine rings is 1. The number of rotatable bonds is 17. The molecule has 3 aromatic heterocycles. The van der Waals surface area contributed by atoms with Gasteiger partial charge < -0.3 is 19.8 Å². The summed E-state index contributed by atoms with van der Waals surface area (Å²) in [6, 6.07) is 4.48. The number of sulfone groups is 1. The number of carbonyl (C=O) groups is 2. The summed E-state index contributed by atoms with van der Waals surface area (Å²) >= 11 is 6.61. The number of aromatic nitrogens is 5. The van der Waals surface area contributed by atoms with Crippen LogP contribution < -0.4 is 9.62 Å². The summed E-state index contributed by atoms with van der Waals surface area (Å²) < 4.78 is 218. The lowest BCUT2D eigenvalue weighted by atomic mass is 9.93. The molecule has 7 rings (SSSR count). The zero-order valence-corrected chi connectivity index (χ0v) is 42.9. The van der Waals surface area contributed by atoms with Gasteiger partial charge in [-0.15, -0.1) is 0 Å². The number of alkyl halides is 8. The zero-order chi connectivity index (χ0) is 56.5. The van der Waals surface area contributed by atoms with Gasteiger partial charge in [-0.3, -0.25) is 18.7 Å². The van der Waals surface area contributed by atoms with E-state index in [4.69, 9.17) is 26.1 Å². The van der Waals surface area contributed by atoms with E-state index in [1.807, 2.05) is 0 Å². The van der Waals surface area contributed by atoms with E-state index in [1.165, 1.54) is 13.8 Å². The van der Waals surface area contributed by atoms with Crippen molar-refractivity contribution in [2.45, 2.75) is 87.6 Å². The van der Waals surface area contributed by atoms with E-state index < -0.39 is 175 Å². The van der Waals surface area contributed by atoms with Crippen LogP contribution in [-0.2, 0) is 70.1 Å². The van der Waals surface area contributed by atoms with Gasteiger partial charge in [0.25, 0.3) is 5.92 Å². The lowest BCUT2D eigenvalue weighted by Gasteiger charge is -2.23. The van der Waals surface area contributed by atoms with Crippen molar-refractivity contribution in [3.8, 4) is 23.0 Å². The molecule has 18 nitrogen and oxygen atoms in total. The number of anilines is 1. The van der Waals surface area contributed by atoms with Crippen LogP contribution in [0.3, 0.4) is 0 Å². The third kappa shape index (κ3) is 12.6. The van der Waals surface area contributed by atoms with Crippen molar-refractivity contribution < 1.29 is 93.9 Å². The molecule has 32 heteroatoms. The van der Waals surface area contributed by atoms with Crippen LogP contribution in [0.1, 0.15) is 79.0 Å². The molecule has 3 heterocycles. The molecule has 76 heavy (non-hydrogen) atoms. The molecule has 2 amide bonds. The molecule has 1 fully saturated rings. The molecule has 3 N–H and O–H groups in total. The van der Waals surface area contributed by atoms with Crippen LogP contribution in [0.2, 0.25) is 5.02 Å². The number of nitrogens with one attached hydrogen (secondary N) is 1. The molecular formula is C44H41ClF10N7O11PS2. The Morgan fingerprint density at radius 1 is 0.961 bits per heavy atom. The normalized spacial score (nSPS) is 16.9. The van der Waals surface area contributed by atoms with Crippen molar-refractivity contribution in [1.29, 1.82) is 0 Å². The molecule has 1 saturated carbocycles. The predicted molar refractivity (Wildman–Crippen MR) is 249 cm³/mol. The smallest absolute Gasteiger partial charge is 0.448 e. The molecule has 412 valence electrons. The Kier molecular flexibility index (Phi) is 15.6. The van der Waals surface area contributed by atoms with E-state index in [-0.39, 0.29) is 49.8 Å². The van der Waals surface area contributed by atoms with Crippen LogP contribution in [0.5, 0.6) is 0 Å². The van der Waals surface area contributed by atoms with Crippen molar-refractivity contribution in [1.82, 2.24) is 29.9 Å². The van der Waals surface area contributed by atoms with Crippen LogP contribution in [0, 0.1) is 29.4 Å². The van der Waals surface area contributed by atoms with E-state index in [0.29, 0.717) is 12.3 Å². The Balaban J connectivity index is 1.43. The van der Waals surface area contributed by atoms with Gasteiger partial charge in [-0.05, 0) is 87.3 Å². The number of sulfonamides is 1. The lowest BCUT2D eigenvalue weighted by molar-refractivity contribution is -0.143. The summed E-state index contributed by atoms with van der Waals surface area (Å²) in [6.07, 6.45) is -12.2. The van der Waals surface area contributed by atoms with Crippen molar-refractivity contribution in [2.24, 2.45) is 5.92 Å². The second-order valence-corrected chi connectivity index (χ2v) is 24.2. The van der Waals surface area contributed by atoms with Gasteiger partial charge in [0.05, 0.1) is 47.1 Å². The number of phosphoric acid groups is 1. The average molecular weight is 1160 g/mol. The van der Waals surface area contributed by atoms with E-state index >= 15 is 8.78 Å². The maximum atomic E-state index is 15.6. The highest BCUT2D eigenvalue weighted by molar-refractivity contribution is 7.93. The summed E-state index contributed by atoms with van der Waals surface area (Å²) in [5.41, 5.74) is -6.25. The van der Waals surface area contributed by atoms with Gasteiger partial charge in [0, 0.05) is 34.9 Å². The number of hydrogen-bond donors (Lipinski definition) is 3. The van der Waals surface area contributed by atoms with Crippen LogP contribution >= 0.6 is 19.4 Å². The van der Waals surface area contributed by atoms with Crippen LogP contribution in [0.15, 0.2) is 42.5 Å². The maximum absolute atomic E-state index is 15.6. The molecule has 0 saturated heterocycles. The van der Waals surface area contributed by atoms with Crippen molar-refractivity contribution in [3.63, 3.8) is 0 Å². The quantitative estimate of drug-likeness (QED) is 0.0345. The number of phosphoric ester groups is 1. The van der Waals surface area contributed by atoms with Gasteiger partial charge in [-0.1, -0.05) is 23.6 Å². The first kappa shape index (κ1) is 57.9. The zero-order valence-electron chi connectivity index (χ0n) is 39.6. The molecular weight excluding hydrogens is 1120 g/mol. The lowest BCUT2D eigenvalue weighted by Crippen LogP contribution is -2.37. The first-order chi connectivity index (χ1) is 34.9. The summed E-state index contributed by atoms with van der Waals surface area (Å²) in [5, 5.41) is 8.40. The van der Waals surface area contributed by atoms with E-state index in [1.54, 1.807) is 0 Å². The van der Waals surface area contributed by atoms with E-state index in [2.05, 4.69) is 36.9 Å². The second kappa shape index (κ2) is 20.5. The molecule has 0 aliphatic heterocycles. The Labute approximate surface area is 429 Å². The number of benzene rings is 2. The minimum absolute atomic E-state index is 0.129. The van der Waals surface area contributed by atoms with Gasteiger partial charge in [0.1, 0.15) is 40.9 Å². The van der Waals surface area contributed by atoms with Crippen molar-refractivity contribution in [2.75, 3.05) is 30.0 Å². The minimum Gasteiger partial charge on any atom is -0.448 e. The SMILES string of the molecule is CC(C)(C#Cc1ccc(-c2ccc(Cl)c3c(N(C(=O)OCCCCOP(=O)(O)O)S(C)(=O)=O)nn(CC(F)(F)F)c23)c([C@H](Cc2cc(F)cc(F)c2)NC(=O)Cn2nc(C(F)(F)F)c3c2C(F)(F)[C@@H]2C[C@H]32)n1)S(C)(=O)=O. The monoisotopic (exact) mass is 1160 g/mol. The third-order valence-electron chi connectivity index (χ3n) is 12.0. The average Bonchev–Trinajstić information content (AvgIpc) is 3.77. The van der Waals surface area contributed by atoms with Crippen LogP contribution in [0.25, 0.3) is 22.0 Å². The highest BCUT2D eigenvalue weighted by Crippen LogP contribution is 2.68. The van der Waals surface area contributed by atoms with Crippen LogP contribution in [-0.4, -0.2) is 99.8 Å². The number of carbonyl (C=O) groups excluding carboxylic acids is 2. The van der Waals surface area contributed by atoms with Gasteiger partial charge in [0.15, 0.2) is 21.3 Å². The molecule has 0 radical (unpaired) electrons. The number of halogens is 11. The summed E-state index contributed by atoms with van der Waals surface area (Å²) in [4.78, 5) is 50.1. The van der Waals surface area contributed by atoms with Gasteiger partial charge in [-0.25, -0.2) is 40.0 Å². The number of nitrogens with zero attached hydrogens (tertiary/aromatic N) is 6. The first-order valence-electron chi connectivity index (χ1n) is 22.1. The number of ether oxygens (including phenoxy) is 1. The second-order valence-electron chi connectivity index (χ2n) is 18.2. The highest BCUT2D eigenvalue weighted by atomic mass is 35.5. The fourth-order valence-corrected chi connectivity index (χ4v) is 9.99. The molecule has 5 aromatic rings. The predicted octanol–water partition coefficient (Wildman–Crippen LogP) is 8.08. The third-order valence-corrected chi connectivity index (χ3v) is 15.8. The summed E-state index contributed by atoms with van der Waals surface area (Å²) in [5.74, 6) is -6.33. The van der Waals surface area contributed by atoms with Gasteiger partial charge >= 0.3 is 26.3 Å². The standard InChI is InChI=1S/C44H41ClF10N7O11PS2/c1-41(2,75(3,68)69)12-11-25-7-8-26(27-9-10-30(45)34-36(27)61(21-42(48,49)50)59-39(34)62(76(4,70)71)40(64)72-13-5-6-14-73-74(65,66)67)35(56-25)31(17-22-15-23(46)18-24(47)16-22)57-32(63)20-60-38-33(37(58-60)44(53,54)55)28-19-29(28)43(38,51)52/h7-10,15-16,18,28-29,31H,5-6,13-14,17,19-21H2,1-4H3,(H,57,63)(H2,65,66,67)/t28-,29+,31-/m0/s1. The largest absolute Gasteiger partial charge is 0.469 e. The van der Waals surface area contributed by atoms with Crippen molar-refractivity contribution in [3.05, 3.63) is 93.0 Å². The highest BCUT2D eigenvalue weighted by Gasteiger charge is 2.68.